The topological polar surface area (TPSA) is 80.5 Å². The van der Waals surface area contributed by atoms with E-state index in [0.717, 1.165) is 0 Å². The van der Waals surface area contributed by atoms with Gasteiger partial charge in [-0.2, -0.15) is 0 Å². The number of hydrogen-bond donors (Lipinski definition) is 1. The number of benzene rings is 1. The van der Waals surface area contributed by atoms with Crippen LogP contribution in [0.15, 0.2) is 18.2 Å². The molecular formula is C13H13ClN2O3. The summed E-state index contributed by atoms with van der Waals surface area (Å²) in [6.07, 6.45) is 0.0793. The number of Topliss-reactive ketones (excluding diaryl/α,β-unsaturated/α-hetero) is 1. The van der Waals surface area contributed by atoms with Crippen LogP contribution in [-0.2, 0) is 9.59 Å². The van der Waals surface area contributed by atoms with Gasteiger partial charge in [-0.05, 0) is 25.1 Å². The smallest absolute Gasteiger partial charge is 0.227 e. The summed E-state index contributed by atoms with van der Waals surface area (Å²) < 4.78 is 0. The van der Waals surface area contributed by atoms with Crippen molar-refractivity contribution in [3.63, 3.8) is 0 Å². The van der Waals surface area contributed by atoms with Gasteiger partial charge in [0.2, 0.25) is 11.8 Å². The van der Waals surface area contributed by atoms with Crippen LogP contribution in [0, 0.1) is 5.92 Å². The van der Waals surface area contributed by atoms with Crippen molar-refractivity contribution < 1.29 is 14.4 Å². The number of ketones is 1. The minimum Gasteiger partial charge on any atom is -0.369 e. The van der Waals surface area contributed by atoms with Crippen LogP contribution in [0.25, 0.3) is 0 Å². The minimum atomic E-state index is -0.510. The van der Waals surface area contributed by atoms with E-state index in [1.807, 2.05) is 0 Å². The molecule has 2 N–H and O–H groups in total. The molecule has 0 radical (unpaired) electrons. The molecule has 2 rings (SSSR count). The molecule has 1 atom stereocenters. The van der Waals surface area contributed by atoms with E-state index >= 15 is 0 Å². The number of nitrogens with two attached hydrogens (primary N) is 1. The van der Waals surface area contributed by atoms with Gasteiger partial charge in [0.1, 0.15) is 0 Å². The third kappa shape index (κ3) is 2.61. The lowest BCUT2D eigenvalue weighted by atomic mass is 10.1. The standard InChI is InChI=1S/C13H13ClN2O3/c1-7(17)8-2-3-10(14)11(4-8)16-6-9(13(15)19)5-12(16)18/h2-4,9H,5-6H2,1H3,(H2,15,19). The number of anilines is 1. The Balaban J connectivity index is 2.36. The summed E-state index contributed by atoms with van der Waals surface area (Å²) in [5, 5.41) is 0.364. The van der Waals surface area contributed by atoms with Crippen molar-refractivity contribution in [2.45, 2.75) is 13.3 Å². The molecule has 5 nitrogen and oxygen atoms in total. The van der Waals surface area contributed by atoms with Crippen molar-refractivity contribution in [2.24, 2.45) is 11.7 Å². The summed E-state index contributed by atoms with van der Waals surface area (Å²) in [6.45, 7) is 1.64. The molecule has 1 aromatic carbocycles. The van der Waals surface area contributed by atoms with Crippen molar-refractivity contribution >= 4 is 34.9 Å². The largest absolute Gasteiger partial charge is 0.369 e. The molecular weight excluding hydrogens is 268 g/mol. The third-order valence-corrected chi connectivity index (χ3v) is 3.49. The van der Waals surface area contributed by atoms with Gasteiger partial charge in [-0.1, -0.05) is 11.6 Å². The zero-order valence-electron chi connectivity index (χ0n) is 10.4. The normalized spacial score (nSPS) is 18.7. The van der Waals surface area contributed by atoms with E-state index in [0.29, 0.717) is 16.3 Å². The summed E-state index contributed by atoms with van der Waals surface area (Å²) >= 11 is 6.05. The van der Waals surface area contributed by atoms with Crippen molar-refractivity contribution in [1.82, 2.24) is 0 Å². The zero-order valence-corrected chi connectivity index (χ0v) is 11.1. The lowest BCUT2D eigenvalue weighted by Gasteiger charge is -2.18. The molecule has 1 unspecified atom stereocenters. The summed E-state index contributed by atoms with van der Waals surface area (Å²) in [5.74, 6) is -1.35. The quantitative estimate of drug-likeness (QED) is 0.850. The second kappa shape index (κ2) is 5.01. The van der Waals surface area contributed by atoms with Crippen LogP contribution in [0.5, 0.6) is 0 Å². The van der Waals surface area contributed by atoms with Crippen molar-refractivity contribution in [1.29, 1.82) is 0 Å². The summed E-state index contributed by atoms with van der Waals surface area (Å²) in [5.41, 5.74) is 6.13. The molecule has 6 heteroatoms. The zero-order chi connectivity index (χ0) is 14.2. The maximum atomic E-state index is 11.9. The highest BCUT2D eigenvalue weighted by Crippen LogP contribution is 2.32. The summed E-state index contributed by atoms with van der Waals surface area (Å²) in [7, 11) is 0. The second-order valence-corrected chi connectivity index (χ2v) is 4.94. The molecule has 0 bridgehead atoms. The molecule has 1 aliphatic rings. The molecule has 0 aliphatic carbocycles. The molecule has 1 saturated heterocycles. The summed E-state index contributed by atoms with van der Waals surface area (Å²) in [4.78, 5) is 35.8. The van der Waals surface area contributed by atoms with E-state index in [1.165, 1.54) is 11.8 Å². The van der Waals surface area contributed by atoms with Crippen molar-refractivity contribution in [3.8, 4) is 0 Å². The van der Waals surface area contributed by atoms with Gasteiger partial charge in [-0.25, -0.2) is 0 Å². The Morgan fingerprint density at radius 1 is 1.42 bits per heavy atom. The monoisotopic (exact) mass is 280 g/mol. The van der Waals surface area contributed by atoms with Crippen molar-refractivity contribution in [2.75, 3.05) is 11.4 Å². The number of nitrogens with zero attached hydrogens (tertiary/aromatic N) is 1. The molecule has 1 aliphatic heterocycles. The lowest BCUT2D eigenvalue weighted by Crippen LogP contribution is -2.28. The maximum Gasteiger partial charge on any atom is 0.227 e. The Bertz CT molecular complexity index is 571. The molecule has 0 aromatic heterocycles. The SMILES string of the molecule is CC(=O)c1ccc(Cl)c(N2CC(C(N)=O)CC2=O)c1. The van der Waals surface area contributed by atoms with Gasteiger partial charge < -0.3 is 10.6 Å². The predicted octanol–water partition coefficient (Wildman–Crippen LogP) is 1.38. The van der Waals surface area contributed by atoms with Crippen LogP contribution in [0.2, 0.25) is 5.02 Å². The Hall–Kier alpha value is -1.88. The van der Waals surface area contributed by atoms with E-state index in [9.17, 15) is 14.4 Å². The first-order valence-electron chi connectivity index (χ1n) is 5.80. The molecule has 100 valence electrons. The first-order chi connectivity index (χ1) is 8.90. The van der Waals surface area contributed by atoms with Crippen LogP contribution in [0.3, 0.4) is 0 Å². The fourth-order valence-electron chi connectivity index (χ4n) is 2.07. The molecule has 0 spiro atoms. The van der Waals surface area contributed by atoms with Crippen LogP contribution in [0.1, 0.15) is 23.7 Å². The number of amides is 2. The van der Waals surface area contributed by atoms with Gasteiger partial charge in [-0.3, -0.25) is 14.4 Å². The Morgan fingerprint density at radius 3 is 2.63 bits per heavy atom. The summed E-state index contributed by atoms with van der Waals surface area (Å²) in [6, 6.07) is 4.73. The highest BCUT2D eigenvalue weighted by molar-refractivity contribution is 6.34. The first kappa shape index (κ1) is 13.5. The Kier molecular flexibility index (Phi) is 3.57. The van der Waals surface area contributed by atoms with E-state index in [1.54, 1.807) is 18.2 Å². The number of rotatable bonds is 3. The van der Waals surface area contributed by atoms with Gasteiger partial charge in [0, 0.05) is 18.5 Å². The van der Waals surface area contributed by atoms with Gasteiger partial charge in [0.05, 0.1) is 16.6 Å². The predicted molar refractivity (Wildman–Crippen MR) is 71.1 cm³/mol. The highest BCUT2D eigenvalue weighted by Gasteiger charge is 2.34. The number of carbonyl (C=O) groups is 3. The Labute approximate surface area is 115 Å². The van der Waals surface area contributed by atoms with Crippen molar-refractivity contribution in [3.05, 3.63) is 28.8 Å². The average Bonchev–Trinajstić information content (AvgIpc) is 2.72. The Morgan fingerprint density at radius 2 is 2.11 bits per heavy atom. The van der Waals surface area contributed by atoms with Crippen LogP contribution in [-0.4, -0.2) is 24.1 Å². The molecule has 1 fully saturated rings. The molecule has 2 amide bonds. The number of halogens is 1. The van der Waals surface area contributed by atoms with Crippen LogP contribution in [0.4, 0.5) is 5.69 Å². The highest BCUT2D eigenvalue weighted by atomic mass is 35.5. The maximum absolute atomic E-state index is 11.9. The van der Waals surface area contributed by atoms with Crippen LogP contribution >= 0.6 is 11.6 Å². The third-order valence-electron chi connectivity index (χ3n) is 3.17. The second-order valence-electron chi connectivity index (χ2n) is 4.53. The number of hydrogen-bond acceptors (Lipinski definition) is 3. The van der Waals surface area contributed by atoms with Gasteiger partial charge in [0.25, 0.3) is 0 Å². The average molecular weight is 281 g/mol. The van der Waals surface area contributed by atoms with E-state index in [4.69, 9.17) is 17.3 Å². The molecule has 1 heterocycles. The van der Waals surface area contributed by atoms with Gasteiger partial charge >= 0.3 is 0 Å². The number of carbonyl (C=O) groups excluding carboxylic acids is 3. The lowest BCUT2D eigenvalue weighted by molar-refractivity contribution is -0.123. The fraction of sp³-hybridized carbons (Fsp3) is 0.308. The number of primary amides is 1. The molecule has 1 aromatic rings. The molecule has 0 saturated carbocycles. The minimum absolute atomic E-state index is 0.0793. The fourth-order valence-corrected chi connectivity index (χ4v) is 2.29. The van der Waals surface area contributed by atoms with E-state index < -0.39 is 11.8 Å². The van der Waals surface area contributed by atoms with Gasteiger partial charge in [0.15, 0.2) is 5.78 Å². The van der Waals surface area contributed by atoms with Gasteiger partial charge in [-0.15, -0.1) is 0 Å². The molecule has 19 heavy (non-hydrogen) atoms. The van der Waals surface area contributed by atoms with E-state index in [-0.39, 0.29) is 24.7 Å². The van der Waals surface area contributed by atoms with Crippen LogP contribution < -0.4 is 10.6 Å². The first-order valence-corrected chi connectivity index (χ1v) is 6.18. The van der Waals surface area contributed by atoms with E-state index in [2.05, 4.69) is 0 Å².